The molecule has 2 N–H and O–H groups in total. The van der Waals surface area contributed by atoms with Gasteiger partial charge >= 0.3 is 0 Å². The van der Waals surface area contributed by atoms with Crippen molar-refractivity contribution in [3.05, 3.63) is 30.2 Å². The van der Waals surface area contributed by atoms with Crippen LogP contribution in [0.3, 0.4) is 0 Å². The Hall–Kier alpha value is -1.42. The first kappa shape index (κ1) is 6.30. The fraction of sp³-hybridized carbons (Fsp3) is 0.143. The quantitative estimate of drug-likeness (QED) is 0.628. The third-order valence-electron chi connectivity index (χ3n) is 1.60. The van der Waals surface area contributed by atoms with Gasteiger partial charge in [0.15, 0.2) is 5.65 Å². The summed E-state index contributed by atoms with van der Waals surface area (Å²) in [6.45, 7) is 0.503. The van der Waals surface area contributed by atoms with Gasteiger partial charge in [-0.15, -0.1) is 0 Å². The average Bonchev–Trinajstić information content (AvgIpc) is 2.50. The molecule has 0 saturated heterocycles. The summed E-state index contributed by atoms with van der Waals surface area (Å²) in [5.74, 6) is 0. The Bertz CT molecular complexity index is 365. The van der Waals surface area contributed by atoms with Crippen molar-refractivity contribution in [2.75, 3.05) is 0 Å². The van der Waals surface area contributed by atoms with Crippen LogP contribution < -0.4 is 5.73 Å². The van der Waals surface area contributed by atoms with Crippen molar-refractivity contribution in [2.24, 2.45) is 5.73 Å². The minimum absolute atomic E-state index is 0.503. The minimum Gasteiger partial charge on any atom is -0.326 e. The van der Waals surface area contributed by atoms with Gasteiger partial charge in [-0.05, 0) is 6.07 Å². The molecule has 2 heterocycles. The van der Waals surface area contributed by atoms with Gasteiger partial charge in [-0.3, -0.25) is 0 Å². The molecule has 0 aliphatic heterocycles. The molecule has 0 bridgehead atoms. The highest BCUT2D eigenvalue weighted by Gasteiger charge is 1.98. The van der Waals surface area contributed by atoms with Crippen molar-refractivity contribution in [2.45, 2.75) is 6.54 Å². The van der Waals surface area contributed by atoms with Gasteiger partial charge < -0.3 is 5.73 Å². The Morgan fingerprint density at radius 3 is 3.27 bits per heavy atom. The summed E-state index contributed by atoms with van der Waals surface area (Å²) >= 11 is 0. The predicted octanol–water partition coefficient (Wildman–Crippen LogP) is 0.188. The van der Waals surface area contributed by atoms with Crippen molar-refractivity contribution >= 4 is 5.65 Å². The topological polar surface area (TPSA) is 56.2 Å². The van der Waals surface area contributed by atoms with Crippen molar-refractivity contribution < 1.29 is 0 Å². The van der Waals surface area contributed by atoms with Crippen LogP contribution in [-0.4, -0.2) is 14.6 Å². The van der Waals surface area contributed by atoms with Gasteiger partial charge in [-0.2, -0.15) is 5.10 Å². The molecule has 4 nitrogen and oxygen atoms in total. The summed E-state index contributed by atoms with van der Waals surface area (Å²) in [6, 6.07) is 3.86. The van der Waals surface area contributed by atoms with Crippen molar-refractivity contribution in [3.63, 3.8) is 0 Å². The number of fused-ring (bicyclic) bond motifs is 1. The molecule has 0 unspecified atom stereocenters. The van der Waals surface area contributed by atoms with E-state index in [1.54, 1.807) is 4.52 Å². The Kier molecular flexibility index (Phi) is 1.33. The van der Waals surface area contributed by atoms with Crippen molar-refractivity contribution in [3.8, 4) is 0 Å². The largest absolute Gasteiger partial charge is 0.326 e. The molecule has 0 fully saturated rings. The van der Waals surface area contributed by atoms with Crippen LogP contribution in [0.1, 0.15) is 5.56 Å². The maximum absolute atomic E-state index is 5.49. The molecule has 2 aromatic rings. The molecule has 56 valence electrons. The zero-order valence-corrected chi connectivity index (χ0v) is 5.94. The van der Waals surface area contributed by atoms with Gasteiger partial charge in [0.25, 0.3) is 0 Å². The van der Waals surface area contributed by atoms with Crippen LogP contribution in [-0.2, 0) is 6.54 Å². The molecule has 0 aliphatic rings. The second kappa shape index (κ2) is 2.32. The first-order chi connectivity index (χ1) is 5.42. The van der Waals surface area contributed by atoms with Crippen LogP contribution in [0.4, 0.5) is 0 Å². The van der Waals surface area contributed by atoms with E-state index in [1.165, 1.54) is 6.33 Å². The number of aromatic nitrogens is 3. The SMILES string of the molecule is NCc1cccn2ncnc12. The van der Waals surface area contributed by atoms with E-state index in [0.717, 1.165) is 11.2 Å². The lowest BCUT2D eigenvalue weighted by molar-refractivity contribution is 0.941. The van der Waals surface area contributed by atoms with E-state index in [1.807, 2.05) is 18.3 Å². The normalized spacial score (nSPS) is 10.6. The van der Waals surface area contributed by atoms with E-state index in [2.05, 4.69) is 10.1 Å². The molecule has 0 atom stereocenters. The number of hydrogen-bond donors (Lipinski definition) is 1. The molecule has 0 aliphatic carbocycles. The summed E-state index contributed by atoms with van der Waals surface area (Å²) in [5.41, 5.74) is 7.36. The van der Waals surface area contributed by atoms with Crippen molar-refractivity contribution in [1.82, 2.24) is 14.6 Å². The number of rotatable bonds is 1. The maximum atomic E-state index is 5.49. The standard InChI is InChI=1S/C7H8N4/c8-4-6-2-1-3-11-7(6)9-5-10-11/h1-3,5H,4,8H2. The van der Waals surface area contributed by atoms with E-state index in [9.17, 15) is 0 Å². The van der Waals surface area contributed by atoms with Gasteiger partial charge in [0.1, 0.15) is 6.33 Å². The van der Waals surface area contributed by atoms with Gasteiger partial charge in [0.2, 0.25) is 0 Å². The third-order valence-corrected chi connectivity index (χ3v) is 1.60. The second-order valence-corrected chi connectivity index (χ2v) is 2.27. The smallest absolute Gasteiger partial charge is 0.159 e. The van der Waals surface area contributed by atoms with E-state index in [-0.39, 0.29) is 0 Å². The lowest BCUT2D eigenvalue weighted by atomic mass is 10.3. The fourth-order valence-corrected chi connectivity index (χ4v) is 1.06. The summed E-state index contributed by atoms with van der Waals surface area (Å²) in [7, 11) is 0. The first-order valence-electron chi connectivity index (χ1n) is 3.39. The van der Waals surface area contributed by atoms with Gasteiger partial charge in [-0.25, -0.2) is 9.50 Å². The lowest BCUT2D eigenvalue weighted by Crippen LogP contribution is -1.99. The summed E-state index contributed by atoms with van der Waals surface area (Å²) in [6.07, 6.45) is 3.37. The fourth-order valence-electron chi connectivity index (χ4n) is 1.06. The number of nitrogens with two attached hydrogens (primary N) is 1. The van der Waals surface area contributed by atoms with Crippen molar-refractivity contribution in [1.29, 1.82) is 0 Å². The number of pyridine rings is 1. The van der Waals surface area contributed by atoms with E-state index in [4.69, 9.17) is 5.73 Å². The monoisotopic (exact) mass is 148 g/mol. The molecule has 11 heavy (non-hydrogen) atoms. The molecule has 2 aromatic heterocycles. The Morgan fingerprint density at radius 1 is 1.55 bits per heavy atom. The second-order valence-electron chi connectivity index (χ2n) is 2.27. The molecule has 4 heteroatoms. The van der Waals surface area contributed by atoms with Gasteiger partial charge in [-0.1, -0.05) is 6.07 Å². The molecule has 0 radical (unpaired) electrons. The first-order valence-corrected chi connectivity index (χ1v) is 3.39. The minimum atomic E-state index is 0.503. The average molecular weight is 148 g/mol. The van der Waals surface area contributed by atoms with Gasteiger partial charge in [0, 0.05) is 18.3 Å². The lowest BCUT2D eigenvalue weighted by Gasteiger charge is -1.96. The molecular weight excluding hydrogens is 140 g/mol. The summed E-state index contributed by atoms with van der Waals surface area (Å²) < 4.78 is 1.71. The van der Waals surface area contributed by atoms with E-state index < -0.39 is 0 Å². The van der Waals surface area contributed by atoms with Gasteiger partial charge in [0.05, 0.1) is 0 Å². The van der Waals surface area contributed by atoms with Crippen LogP contribution in [0.25, 0.3) is 5.65 Å². The Labute approximate surface area is 63.7 Å². The van der Waals surface area contributed by atoms with Crippen LogP contribution in [0.5, 0.6) is 0 Å². The van der Waals surface area contributed by atoms with Crippen LogP contribution in [0, 0.1) is 0 Å². The number of hydrogen-bond acceptors (Lipinski definition) is 3. The zero-order chi connectivity index (χ0) is 7.68. The van der Waals surface area contributed by atoms with Crippen LogP contribution in [0.2, 0.25) is 0 Å². The highest BCUT2D eigenvalue weighted by Crippen LogP contribution is 2.04. The highest BCUT2D eigenvalue weighted by molar-refractivity contribution is 5.45. The summed E-state index contributed by atoms with van der Waals surface area (Å²) in [5, 5.41) is 3.98. The molecule has 0 aromatic carbocycles. The molecule has 0 amide bonds. The predicted molar refractivity (Wildman–Crippen MR) is 40.9 cm³/mol. The number of nitrogens with zero attached hydrogens (tertiary/aromatic N) is 3. The van der Waals surface area contributed by atoms with Crippen LogP contribution >= 0.6 is 0 Å². The molecule has 0 saturated carbocycles. The van der Waals surface area contributed by atoms with Crippen LogP contribution in [0.15, 0.2) is 24.7 Å². The Morgan fingerprint density at radius 2 is 2.45 bits per heavy atom. The summed E-state index contributed by atoms with van der Waals surface area (Å²) in [4.78, 5) is 4.06. The maximum Gasteiger partial charge on any atom is 0.159 e. The molecule has 0 spiro atoms. The third kappa shape index (κ3) is 0.877. The van der Waals surface area contributed by atoms with E-state index in [0.29, 0.717) is 6.54 Å². The highest BCUT2D eigenvalue weighted by atomic mass is 15.3. The zero-order valence-electron chi connectivity index (χ0n) is 5.94. The molecule has 2 rings (SSSR count). The molecular formula is C7H8N4. The van der Waals surface area contributed by atoms with E-state index >= 15 is 0 Å². The Balaban J connectivity index is 2.79.